The number of nitrogens with zero attached hydrogens (tertiary/aromatic N) is 5. The third-order valence-corrected chi connectivity index (χ3v) is 6.34. The number of piperidine rings is 1. The second-order valence-corrected chi connectivity index (χ2v) is 8.93. The highest BCUT2D eigenvalue weighted by Gasteiger charge is 2.32. The number of rotatable bonds is 4. The van der Waals surface area contributed by atoms with Crippen LogP contribution in [0.4, 0.5) is 29.5 Å². The van der Waals surface area contributed by atoms with Crippen LogP contribution < -0.4 is 10.2 Å². The van der Waals surface area contributed by atoms with Gasteiger partial charge >= 0.3 is 12.2 Å². The lowest BCUT2D eigenvalue weighted by Gasteiger charge is -2.37. The maximum atomic E-state index is 13.4. The zero-order valence-corrected chi connectivity index (χ0v) is 19.5. The number of aliphatic hydroxyl groups is 1. The van der Waals surface area contributed by atoms with Gasteiger partial charge in [0.25, 0.3) is 0 Å². The maximum absolute atomic E-state index is 13.4. The average molecular weight is 495 g/mol. The number of carbonyl (C=O) groups excluding carboxylic acids is 2. The van der Waals surface area contributed by atoms with Gasteiger partial charge < -0.3 is 20.2 Å². The molecule has 0 radical (unpaired) electrons. The second kappa shape index (κ2) is 10.2. The van der Waals surface area contributed by atoms with Gasteiger partial charge in [0.2, 0.25) is 5.91 Å². The molecule has 0 atom stereocenters. The predicted octanol–water partition coefficient (Wildman–Crippen LogP) is 2.61. The molecule has 12 heteroatoms. The molecule has 0 aliphatic carbocycles. The first kappa shape index (κ1) is 25.0. The molecule has 1 aromatic heterocycles. The number of anilines is 2. The smallest absolute Gasteiger partial charge is 0.393 e. The van der Waals surface area contributed by atoms with E-state index >= 15 is 0 Å². The summed E-state index contributed by atoms with van der Waals surface area (Å²) in [5, 5.41) is 16.4. The van der Waals surface area contributed by atoms with Gasteiger partial charge in [-0.05, 0) is 30.5 Å². The van der Waals surface area contributed by atoms with Gasteiger partial charge in [-0.3, -0.25) is 9.69 Å². The normalized spacial score (nSPS) is 18.1. The van der Waals surface area contributed by atoms with Crippen LogP contribution in [0.2, 0.25) is 0 Å². The lowest BCUT2D eigenvalue weighted by Crippen LogP contribution is -2.49. The fraction of sp³-hybridized carbons (Fsp3) is 0.522. The third kappa shape index (κ3) is 6.12. The summed E-state index contributed by atoms with van der Waals surface area (Å²) < 4.78 is 41.3. The van der Waals surface area contributed by atoms with Crippen molar-refractivity contribution in [2.24, 2.45) is 0 Å². The lowest BCUT2D eigenvalue weighted by molar-refractivity contribution is -0.137. The molecule has 35 heavy (non-hydrogen) atoms. The van der Waals surface area contributed by atoms with Gasteiger partial charge in [-0.25, -0.2) is 4.79 Å². The van der Waals surface area contributed by atoms with Gasteiger partial charge in [-0.15, -0.1) is 5.10 Å². The maximum Gasteiger partial charge on any atom is 0.416 e. The van der Waals surface area contributed by atoms with Gasteiger partial charge in [0.15, 0.2) is 5.82 Å². The molecule has 190 valence electrons. The van der Waals surface area contributed by atoms with Crippen LogP contribution >= 0.6 is 0 Å². The molecule has 2 amide bonds. The van der Waals surface area contributed by atoms with Crippen LogP contribution in [-0.2, 0) is 17.5 Å². The van der Waals surface area contributed by atoms with Crippen LogP contribution in [0.5, 0.6) is 0 Å². The Balaban J connectivity index is 1.41. The minimum Gasteiger partial charge on any atom is -0.393 e. The van der Waals surface area contributed by atoms with E-state index in [0.29, 0.717) is 70.2 Å². The molecule has 0 bridgehead atoms. The van der Waals surface area contributed by atoms with E-state index in [-0.39, 0.29) is 11.9 Å². The molecule has 1 aromatic carbocycles. The molecule has 3 heterocycles. The van der Waals surface area contributed by atoms with E-state index in [1.165, 1.54) is 29.9 Å². The average Bonchev–Trinajstić information content (AvgIpc) is 3.27. The van der Waals surface area contributed by atoms with Crippen molar-refractivity contribution < 1.29 is 27.9 Å². The van der Waals surface area contributed by atoms with E-state index in [9.17, 15) is 27.9 Å². The minimum absolute atomic E-state index is 0.278. The Kier molecular flexibility index (Phi) is 7.31. The van der Waals surface area contributed by atoms with E-state index < -0.39 is 17.8 Å². The number of nitrogens with one attached hydrogen (secondary N) is 1. The molecule has 0 spiro atoms. The summed E-state index contributed by atoms with van der Waals surface area (Å²) in [6, 6.07) is 5.09. The van der Waals surface area contributed by atoms with Crippen molar-refractivity contribution in [3.05, 3.63) is 41.6 Å². The first-order valence-electron chi connectivity index (χ1n) is 11.6. The quantitative estimate of drug-likeness (QED) is 0.679. The first-order chi connectivity index (χ1) is 16.6. The number of halogens is 3. The zero-order valence-electron chi connectivity index (χ0n) is 19.5. The van der Waals surface area contributed by atoms with Gasteiger partial charge in [0.1, 0.15) is 0 Å². The van der Waals surface area contributed by atoms with Crippen LogP contribution in [0.25, 0.3) is 0 Å². The van der Waals surface area contributed by atoms with Crippen molar-refractivity contribution in [1.29, 1.82) is 0 Å². The fourth-order valence-electron chi connectivity index (χ4n) is 4.44. The van der Waals surface area contributed by atoms with E-state index in [4.69, 9.17) is 0 Å². The summed E-state index contributed by atoms with van der Waals surface area (Å²) in [5.74, 6) is 0.0178. The molecule has 2 aromatic rings. The molecule has 2 aliphatic heterocycles. The largest absolute Gasteiger partial charge is 0.416 e. The Bertz CT molecular complexity index is 1060. The summed E-state index contributed by atoms with van der Waals surface area (Å²) in [4.78, 5) is 29.6. The summed E-state index contributed by atoms with van der Waals surface area (Å²) in [7, 11) is 0. The SMILES string of the molecule is CC(=O)Nc1ccn(C(=O)N2CCN(Cc3ccc(C(F)(F)F)cc3N3CCC(O)CC3)CC2)n1. The summed E-state index contributed by atoms with van der Waals surface area (Å²) in [6.45, 7) is 4.83. The highest BCUT2D eigenvalue weighted by atomic mass is 19.4. The van der Waals surface area contributed by atoms with Crippen molar-refractivity contribution >= 4 is 23.4 Å². The molecule has 0 saturated carbocycles. The highest BCUT2D eigenvalue weighted by Crippen LogP contribution is 2.35. The molecule has 0 unspecified atom stereocenters. The Hall–Kier alpha value is -3.12. The zero-order chi connectivity index (χ0) is 25.2. The molecule has 4 rings (SSSR count). The van der Waals surface area contributed by atoms with Crippen LogP contribution in [0, 0.1) is 0 Å². The number of aromatic nitrogens is 2. The molecule has 9 nitrogen and oxygen atoms in total. The molecular formula is C23H29F3N6O3. The van der Waals surface area contributed by atoms with Gasteiger partial charge in [0.05, 0.1) is 11.7 Å². The van der Waals surface area contributed by atoms with Crippen molar-refractivity contribution in [3.8, 4) is 0 Å². The van der Waals surface area contributed by atoms with Crippen molar-refractivity contribution in [3.63, 3.8) is 0 Å². The van der Waals surface area contributed by atoms with Gasteiger partial charge in [-0.1, -0.05) is 6.07 Å². The van der Waals surface area contributed by atoms with E-state index in [1.54, 1.807) is 11.0 Å². The van der Waals surface area contributed by atoms with Crippen molar-refractivity contribution in [2.75, 3.05) is 49.5 Å². The number of piperazine rings is 1. The van der Waals surface area contributed by atoms with E-state index in [0.717, 1.165) is 11.6 Å². The van der Waals surface area contributed by atoms with Crippen molar-refractivity contribution in [2.45, 2.75) is 38.6 Å². The first-order valence-corrected chi connectivity index (χ1v) is 11.6. The monoisotopic (exact) mass is 494 g/mol. The third-order valence-electron chi connectivity index (χ3n) is 6.34. The summed E-state index contributed by atoms with van der Waals surface area (Å²) in [5.41, 5.74) is 0.657. The van der Waals surface area contributed by atoms with Crippen LogP contribution in [0.15, 0.2) is 30.5 Å². The number of benzene rings is 1. The Labute approximate surface area is 201 Å². The molecule has 2 saturated heterocycles. The van der Waals surface area contributed by atoms with E-state index in [1.807, 2.05) is 4.90 Å². The number of carbonyl (C=O) groups is 2. The summed E-state index contributed by atoms with van der Waals surface area (Å²) >= 11 is 0. The van der Waals surface area contributed by atoms with Crippen LogP contribution in [0.3, 0.4) is 0 Å². The highest BCUT2D eigenvalue weighted by molar-refractivity contribution is 5.88. The molecular weight excluding hydrogens is 465 g/mol. The van der Waals surface area contributed by atoms with Crippen LogP contribution in [-0.4, -0.2) is 82.0 Å². The molecule has 2 fully saturated rings. The van der Waals surface area contributed by atoms with Crippen molar-refractivity contribution in [1.82, 2.24) is 19.6 Å². The Morgan fingerprint density at radius 3 is 2.40 bits per heavy atom. The van der Waals surface area contributed by atoms with Crippen LogP contribution in [0.1, 0.15) is 30.9 Å². The standard InChI is InChI=1S/C23H29F3N6O3/c1-16(33)27-21-6-9-32(28-21)22(35)31-12-10-29(11-13-31)15-17-2-3-18(23(24,25)26)14-20(17)30-7-4-19(34)5-8-30/h2-3,6,9,14,19,34H,4-5,7-8,10-13,15H2,1H3,(H,27,28,33). The topological polar surface area (TPSA) is 93.9 Å². The van der Waals surface area contributed by atoms with Gasteiger partial charge in [-0.2, -0.15) is 17.9 Å². The number of aliphatic hydroxyl groups excluding tert-OH is 1. The lowest BCUT2D eigenvalue weighted by atomic mass is 10.0. The fourth-order valence-corrected chi connectivity index (χ4v) is 4.44. The van der Waals surface area contributed by atoms with E-state index in [2.05, 4.69) is 15.3 Å². The second-order valence-electron chi connectivity index (χ2n) is 8.93. The number of hydrogen-bond donors (Lipinski definition) is 2. The Morgan fingerprint density at radius 1 is 1.09 bits per heavy atom. The summed E-state index contributed by atoms with van der Waals surface area (Å²) in [6.07, 6.45) is -2.32. The molecule has 2 N–H and O–H groups in total. The van der Waals surface area contributed by atoms with Gasteiger partial charge in [0, 0.05) is 70.7 Å². The predicted molar refractivity (Wildman–Crippen MR) is 123 cm³/mol. The minimum atomic E-state index is -4.43. The number of hydrogen-bond acceptors (Lipinski definition) is 6. The number of alkyl halides is 3. The number of amides is 2. The Morgan fingerprint density at radius 2 is 1.77 bits per heavy atom. The molecule has 2 aliphatic rings.